The number of piperazine rings is 1. The number of para-hydroxylation sites is 1. The second kappa shape index (κ2) is 5.51. The second-order valence-corrected chi connectivity index (χ2v) is 5.87. The Labute approximate surface area is 115 Å². The van der Waals surface area contributed by atoms with Gasteiger partial charge in [0, 0.05) is 43.2 Å². The Morgan fingerprint density at radius 3 is 3.05 bits per heavy atom. The zero-order valence-corrected chi connectivity index (χ0v) is 11.9. The van der Waals surface area contributed by atoms with E-state index in [-0.39, 0.29) is 0 Å². The lowest BCUT2D eigenvalue weighted by Gasteiger charge is -2.40. The van der Waals surface area contributed by atoms with Gasteiger partial charge in [-0.2, -0.15) is 0 Å². The quantitative estimate of drug-likeness (QED) is 0.902. The Morgan fingerprint density at radius 2 is 2.21 bits per heavy atom. The maximum absolute atomic E-state index is 5.81. The fraction of sp³-hybridized carbons (Fsp3) is 0.625. The summed E-state index contributed by atoms with van der Waals surface area (Å²) < 4.78 is 5.81. The van der Waals surface area contributed by atoms with Crippen LogP contribution in [-0.2, 0) is 0 Å². The fourth-order valence-electron chi connectivity index (χ4n) is 3.32. The first-order chi connectivity index (χ1) is 9.28. The lowest BCUT2D eigenvalue weighted by molar-refractivity contribution is 0.119. The van der Waals surface area contributed by atoms with Crippen LogP contribution in [0.1, 0.15) is 31.7 Å². The minimum absolute atomic E-state index is 0.538. The Kier molecular flexibility index (Phi) is 3.76. The van der Waals surface area contributed by atoms with Crippen molar-refractivity contribution in [1.29, 1.82) is 0 Å². The second-order valence-electron chi connectivity index (χ2n) is 5.87. The molecule has 2 aliphatic rings. The first kappa shape index (κ1) is 12.9. The van der Waals surface area contributed by atoms with Crippen LogP contribution in [0.25, 0.3) is 0 Å². The molecule has 104 valence electrons. The Balaban J connectivity index is 1.71. The van der Waals surface area contributed by atoms with Crippen molar-refractivity contribution < 1.29 is 4.74 Å². The van der Waals surface area contributed by atoms with Crippen LogP contribution in [0.15, 0.2) is 24.3 Å². The molecule has 0 bridgehead atoms. The van der Waals surface area contributed by atoms with Crippen LogP contribution in [0.4, 0.5) is 0 Å². The molecule has 1 aromatic rings. The molecule has 0 aliphatic carbocycles. The molecule has 0 amide bonds. The molecule has 0 aromatic heterocycles. The van der Waals surface area contributed by atoms with Crippen LogP contribution in [0.5, 0.6) is 5.75 Å². The number of benzene rings is 1. The van der Waals surface area contributed by atoms with E-state index in [1.165, 1.54) is 12.0 Å². The molecule has 2 heterocycles. The normalized spacial score (nSPS) is 30.9. The van der Waals surface area contributed by atoms with Gasteiger partial charge in [0.15, 0.2) is 0 Å². The number of ether oxygens (including phenoxy) is 1. The van der Waals surface area contributed by atoms with Crippen LogP contribution in [-0.4, -0.2) is 43.2 Å². The van der Waals surface area contributed by atoms with E-state index in [0.717, 1.165) is 32.0 Å². The summed E-state index contributed by atoms with van der Waals surface area (Å²) in [5, 5.41) is 3.58. The van der Waals surface area contributed by atoms with Crippen molar-refractivity contribution in [3.63, 3.8) is 0 Å². The summed E-state index contributed by atoms with van der Waals surface area (Å²) in [6.07, 6.45) is 1.22. The van der Waals surface area contributed by atoms with Gasteiger partial charge in [-0.15, -0.1) is 0 Å². The smallest absolute Gasteiger partial charge is 0.122 e. The highest BCUT2D eigenvalue weighted by Crippen LogP contribution is 2.34. The molecule has 3 heteroatoms. The summed E-state index contributed by atoms with van der Waals surface area (Å²) in [5.41, 5.74) is 1.39. The van der Waals surface area contributed by atoms with Gasteiger partial charge < -0.3 is 10.1 Å². The third-order valence-electron chi connectivity index (χ3n) is 4.45. The van der Waals surface area contributed by atoms with Gasteiger partial charge in [0.1, 0.15) is 5.75 Å². The van der Waals surface area contributed by atoms with Gasteiger partial charge in [0.05, 0.1) is 6.61 Å². The minimum Gasteiger partial charge on any atom is -0.493 e. The highest BCUT2D eigenvalue weighted by Gasteiger charge is 2.30. The van der Waals surface area contributed by atoms with Crippen molar-refractivity contribution in [3.8, 4) is 5.75 Å². The topological polar surface area (TPSA) is 24.5 Å². The molecule has 3 rings (SSSR count). The van der Waals surface area contributed by atoms with Crippen molar-refractivity contribution in [2.75, 3.05) is 26.2 Å². The van der Waals surface area contributed by atoms with Crippen molar-refractivity contribution in [1.82, 2.24) is 10.2 Å². The van der Waals surface area contributed by atoms with E-state index in [1.807, 2.05) is 0 Å². The molecule has 3 nitrogen and oxygen atoms in total. The van der Waals surface area contributed by atoms with Gasteiger partial charge in [-0.3, -0.25) is 4.90 Å². The van der Waals surface area contributed by atoms with Crippen molar-refractivity contribution in [3.05, 3.63) is 29.8 Å². The van der Waals surface area contributed by atoms with E-state index in [4.69, 9.17) is 4.74 Å². The van der Waals surface area contributed by atoms with Gasteiger partial charge in [0.25, 0.3) is 0 Å². The standard InChI is InChI=1S/C16H24N2O/c1-3-14-8-17-12(2)9-18(14)10-13-11-19-16-7-5-4-6-15(13)16/h4-7,12-14,17H,3,8-11H2,1-2H3. The molecular formula is C16H24N2O. The summed E-state index contributed by atoms with van der Waals surface area (Å²) in [4.78, 5) is 2.65. The number of fused-ring (bicyclic) bond motifs is 1. The largest absolute Gasteiger partial charge is 0.493 e. The molecule has 1 saturated heterocycles. The number of nitrogens with zero attached hydrogens (tertiary/aromatic N) is 1. The van der Waals surface area contributed by atoms with E-state index in [1.54, 1.807) is 0 Å². The summed E-state index contributed by atoms with van der Waals surface area (Å²) >= 11 is 0. The summed E-state index contributed by atoms with van der Waals surface area (Å²) in [6.45, 7) is 8.80. The van der Waals surface area contributed by atoms with E-state index in [9.17, 15) is 0 Å². The van der Waals surface area contributed by atoms with Gasteiger partial charge in [0.2, 0.25) is 0 Å². The maximum atomic E-state index is 5.81. The number of nitrogens with one attached hydrogen (secondary N) is 1. The molecule has 0 spiro atoms. The van der Waals surface area contributed by atoms with Crippen molar-refractivity contribution >= 4 is 0 Å². The first-order valence-electron chi connectivity index (χ1n) is 7.47. The van der Waals surface area contributed by atoms with Crippen LogP contribution in [0.3, 0.4) is 0 Å². The van der Waals surface area contributed by atoms with Crippen molar-refractivity contribution in [2.24, 2.45) is 0 Å². The zero-order valence-electron chi connectivity index (χ0n) is 11.9. The number of hydrogen-bond donors (Lipinski definition) is 1. The average molecular weight is 260 g/mol. The lowest BCUT2D eigenvalue weighted by atomic mass is 9.98. The molecule has 0 saturated carbocycles. The van der Waals surface area contributed by atoms with Crippen LogP contribution in [0, 0.1) is 0 Å². The van der Waals surface area contributed by atoms with E-state index < -0.39 is 0 Å². The fourth-order valence-corrected chi connectivity index (χ4v) is 3.32. The molecule has 1 fully saturated rings. The van der Waals surface area contributed by atoms with E-state index >= 15 is 0 Å². The number of rotatable bonds is 3. The van der Waals surface area contributed by atoms with Gasteiger partial charge in [-0.1, -0.05) is 25.1 Å². The average Bonchev–Trinajstić information content (AvgIpc) is 2.83. The third kappa shape index (κ3) is 2.63. The molecule has 1 aromatic carbocycles. The van der Waals surface area contributed by atoms with Crippen LogP contribution in [0.2, 0.25) is 0 Å². The minimum atomic E-state index is 0.538. The molecule has 3 atom stereocenters. The molecule has 19 heavy (non-hydrogen) atoms. The highest BCUT2D eigenvalue weighted by molar-refractivity contribution is 5.39. The monoisotopic (exact) mass is 260 g/mol. The van der Waals surface area contributed by atoms with E-state index in [2.05, 4.69) is 48.3 Å². The lowest BCUT2D eigenvalue weighted by Crippen LogP contribution is -2.56. The first-order valence-corrected chi connectivity index (χ1v) is 7.47. The van der Waals surface area contributed by atoms with Gasteiger partial charge in [-0.05, 0) is 19.4 Å². The van der Waals surface area contributed by atoms with E-state index in [0.29, 0.717) is 18.0 Å². The SMILES string of the molecule is CCC1CNC(C)CN1CC1COc2ccccc21. The number of hydrogen-bond acceptors (Lipinski definition) is 3. The van der Waals surface area contributed by atoms with Gasteiger partial charge >= 0.3 is 0 Å². The Morgan fingerprint density at radius 1 is 1.37 bits per heavy atom. The summed E-state index contributed by atoms with van der Waals surface area (Å²) in [7, 11) is 0. The maximum Gasteiger partial charge on any atom is 0.122 e. The van der Waals surface area contributed by atoms with Crippen LogP contribution >= 0.6 is 0 Å². The van der Waals surface area contributed by atoms with Crippen molar-refractivity contribution in [2.45, 2.75) is 38.3 Å². The summed E-state index contributed by atoms with van der Waals surface area (Å²) in [6, 6.07) is 9.76. The zero-order chi connectivity index (χ0) is 13.2. The van der Waals surface area contributed by atoms with Crippen LogP contribution < -0.4 is 10.1 Å². The highest BCUT2D eigenvalue weighted by atomic mass is 16.5. The third-order valence-corrected chi connectivity index (χ3v) is 4.45. The Hall–Kier alpha value is -1.06. The molecule has 0 radical (unpaired) electrons. The Bertz CT molecular complexity index is 435. The molecule has 2 aliphatic heterocycles. The molecular weight excluding hydrogens is 236 g/mol. The summed E-state index contributed by atoms with van der Waals surface area (Å²) in [5.74, 6) is 1.62. The molecule has 1 N–H and O–H groups in total. The van der Waals surface area contributed by atoms with Gasteiger partial charge in [-0.25, -0.2) is 0 Å². The predicted molar refractivity (Wildman–Crippen MR) is 77.8 cm³/mol. The molecule has 3 unspecified atom stereocenters. The predicted octanol–water partition coefficient (Wildman–Crippen LogP) is 2.23.